The fraction of sp³-hybridized carbons (Fsp3) is 0.600. The van der Waals surface area contributed by atoms with Crippen LogP contribution in [0.25, 0.3) is 0 Å². The van der Waals surface area contributed by atoms with Gasteiger partial charge in [-0.05, 0) is 6.42 Å². The molecule has 1 saturated heterocycles. The van der Waals surface area contributed by atoms with Crippen LogP contribution in [0.4, 0.5) is 4.39 Å². The summed E-state index contributed by atoms with van der Waals surface area (Å²) in [7, 11) is 0. The molecule has 2 heterocycles. The molecule has 0 amide bonds. The Labute approximate surface area is 144 Å². The van der Waals surface area contributed by atoms with Crippen LogP contribution in [0.15, 0.2) is 11.0 Å². The molecule has 0 bridgehead atoms. The topological polar surface area (TPSA) is 67.2 Å². The zero-order valence-electron chi connectivity index (χ0n) is 9.80. The van der Waals surface area contributed by atoms with E-state index in [1.165, 1.54) is 0 Å². The van der Waals surface area contributed by atoms with Crippen LogP contribution in [0.1, 0.15) is 26.0 Å². The third kappa shape index (κ3) is 3.28. The fourth-order valence-corrected chi connectivity index (χ4v) is 2.03. The molecule has 1 aliphatic heterocycles. The van der Waals surface area contributed by atoms with Crippen molar-refractivity contribution < 1.29 is 58.3 Å². The molecule has 0 aliphatic carbocycles. The number of rotatable bonds is 2. The van der Waals surface area contributed by atoms with Crippen LogP contribution in [0.2, 0.25) is 0 Å². The molecule has 2 N–H and O–H groups in total. The normalized spacial score (nSPS) is 26.9. The average molecular weight is 487 g/mol. The maximum absolute atomic E-state index is 13.3. The number of halogens is 1. The van der Waals surface area contributed by atoms with Crippen LogP contribution in [0, 0.1) is 54.5 Å². The van der Waals surface area contributed by atoms with E-state index in [-0.39, 0.29) is 54.8 Å². The Morgan fingerprint density at radius 1 is 1.72 bits per heavy atom. The Kier molecular flexibility index (Phi) is 6.13. The van der Waals surface area contributed by atoms with E-state index in [0.29, 0.717) is 6.42 Å². The standard InChI is InChI=1S/C10H13FN2O3S.Ac/c1-2-5-3-7(14)9(16-5)13-4-6(11)8(17)12-10(13)15;/h4-5,7,9,14H,2-3H2,1H3,(H,12,15,17);/t5-,7?,9-;/m1./s1. The third-order valence-electron chi connectivity index (χ3n) is 2.82. The second kappa shape index (κ2) is 6.71. The van der Waals surface area contributed by atoms with E-state index >= 15 is 0 Å². The van der Waals surface area contributed by atoms with Crippen molar-refractivity contribution >= 4 is 12.2 Å². The second-order valence-corrected chi connectivity index (χ2v) is 4.41. The number of aromatic nitrogens is 2. The average Bonchev–Trinajstić information content (AvgIpc) is 2.65. The summed E-state index contributed by atoms with van der Waals surface area (Å²) in [4.78, 5) is 13.8. The van der Waals surface area contributed by atoms with E-state index < -0.39 is 23.8 Å². The summed E-state index contributed by atoms with van der Waals surface area (Å²) >= 11 is 4.60. The summed E-state index contributed by atoms with van der Waals surface area (Å²) < 4.78 is 19.5. The van der Waals surface area contributed by atoms with Gasteiger partial charge in [0.1, 0.15) is 10.7 Å². The maximum Gasteiger partial charge on any atom is 0.328 e. The van der Waals surface area contributed by atoms with Crippen LogP contribution in [-0.2, 0) is 4.74 Å². The van der Waals surface area contributed by atoms with Gasteiger partial charge in [0.25, 0.3) is 0 Å². The molecular formula is C10H13AcFN2O3S. The smallest absolute Gasteiger partial charge is 0.328 e. The molecule has 1 radical (unpaired) electrons. The van der Waals surface area contributed by atoms with E-state index in [1.807, 2.05) is 6.92 Å². The number of hydrogen-bond donors (Lipinski definition) is 2. The molecule has 0 saturated carbocycles. The molecule has 18 heavy (non-hydrogen) atoms. The van der Waals surface area contributed by atoms with Crippen LogP contribution in [-0.4, -0.2) is 26.9 Å². The number of H-pyrrole nitrogens is 1. The fourth-order valence-electron chi connectivity index (χ4n) is 1.89. The molecule has 1 aromatic rings. The minimum Gasteiger partial charge on any atom is -0.388 e. The first-order valence-electron chi connectivity index (χ1n) is 5.37. The molecule has 0 aromatic carbocycles. The van der Waals surface area contributed by atoms with Crippen molar-refractivity contribution in [3.05, 3.63) is 27.1 Å². The van der Waals surface area contributed by atoms with Crippen molar-refractivity contribution in [1.82, 2.24) is 9.55 Å². The predicted octanol–water partition coefficient (Wildman–Crippen LogP) is 1.10. The summed E-state index contributed by atoms with van der Waals surface area (Å²) in [5, 5.41) is 9.78. The number of nitrogens with one attached hydrogen (secondary N) is 1. The van der Waals surface area contributed by atoms with Crippen LogP contribution >= 0.6 is 12.2 Å². The van der Waals surface area contributed by atoms with Gasteiger partial charge in [0.2, 0.25) is 0 Å². The molecule has 5 nitrogen and oxygen atoms in total. The Morgan fingerprint density at radius 3 is 2.94 bits per heavy atom. The maximum atomic E-state index is 13.3. The van der Waals surface area contributed by atoms with E-state index in [2.05, 4.69) is 17.2 Å². The van der Waals surface area contributed by atoms with Gasteiger partial charge in [-0.15, -0.1) is 0 Å². The second-order valence-electron chi connectivity index (χ2n) is 4.00. The minimum absolute atomic E-state index is 0. The van der Waals surface area contributed by atoms with E-state index in [9.17, 15) is 14.3 Å². The first kappa shape index (κ1) is 16.4. The summed E-state index contributed by atoms with van der Waals surface area (Å²) in [5.74, 6) is -0.713. The first-order valence-corrected chi connectivity index (χ1v) is 5.78. The quantitative estimate of drug-likeness (QED) is 0.614. The van der Waals surface area contributed by atoms with Gasteiger partial charge in [0, 0.05) is 50.5 Å². The van der Waals surface area contributed by atoms with Crippen molar-refractivity contribution in [2.24, 2.45) is 0 Å². The van der Waals surface area contributed by atoms with Gasteiger partial charge < -0.3 is 9.84 Å². The van der Waals surface area contributed by atoms with Crippen molar-refractivity contribution in [1.29, 1.82) is 0 Å². The third-order valence-corrected chi connectivity index (χ3v) is 3.12. The predicted molar refractivity (Wildman–Crippen MR) is 60.7 cm³/mol. The van der Waals surface area contributed by atoms with Gasteiger partial charge in [0.05, 0.1) is 12.3 Å². The number of hydrogen-bond acceptors (Lipinski definition) is 4. The molecule has 8 heteroatoms. The molecule has 97 valence electrons. The van der Waals surface area contributed by atoms with Gasteiger partial charge in [-0.2, -0.15) is 0 Å². The number of aromatic amines is 1. The summed E-state index contributed by atoms with van der Waals surface area (Å²) in [5.41, 5.74) is -0.586. The van der Waals surface area contributed by atoms with Crippen LogP contribution < -0.4 is 5.69 Å². The summed E-state index contributed by atoms with van der Waals surface area (Å²) in [6.07, 6.45) is 0.342. The molecule has 1 unspecified atom stereocenters. The van der Waals surface area contributed by atoms with Crippen molar-refractivity contribution in [3.8, 4) is 0 Å². The Bertz CT molecular complexity index is 533. The molecule has 0 spiro atoms. The van der Waals surface area contributed by atoms with Gasteiger partial charge in [-0.25, -0.2) is 9.18 Å². The van der Waals surface area contributed by atoms with Gasteiger partial charge >= 0.3 is 5.69 Å². The van der Waals surface area contributed by atoms with Gasteiger partial charge in [0.15, 0.2) is 12.0 Å². The Hall–Kier alpha value is 0.392. The van der Waals surface area contributed by atoms with Gasteiger partial charge in [-0.3, -0.25) is 9.55 Å². The minimum atomic E-state index is -0.853. The monoisotopic (exact) mass is 487 g/mol. The van der Waals surface area contributed by atoms with Crippen LogP contribution in [0.3, 0.4) is 0 Å². The number of aliphatic hydroxyl groups is 1. The zero-order chi connectivity index (χ0) is 12.6. The Balaban J connectivity index is 0.00000162. The zero-order valence-corrected chi connectivity index (χ0v) is 15.4. The van der Waals surface area contributed by atoms with E-state index in [0.717, 1.165) is 17.2 Å². The largest absolute Gasteiger partial charge is 0.388 e. The van der Waals surface area contributed by atoms with E-state index in [1.54, 1.807) is 0 Å². The molecule has 3 atom stereocenters. The SMILES string of the molecule is CC[C@@H]1CC(O)[C@H](n2cc(F)c(=S)[nH]c2=O)O1.[Ac]. The molecule has 1 fully saturated rings. The number of ether oxygens (including phenoxy) is 1. The molecule has 1 aromatic heterocycles. The summed E-state index contributed by atoms with van der Waals surface area (Å²) in [6.45, 7) is 1.92. The van der Waals surface area contributed by atoms with Crippen molar-refractivity contribution in [3.63, 3.8) is 0 Å². The first-order chi connectivity index (χ1) is 8.02. The van der Waals surface area contributed by atoms with E-state index in [4.69, 9.17) is 4.74 Å². The molecular weight excluding hydrogens is 474 g/mol. The van der Waals surface area contributed by atoms with Crippen molar-refractivity contribution in [2.75, 3.05) is 0 Å². The Morgan fingerprint density at radius 2 is 2.39 bits per heavy atom. The molecule has 1 aliphatic rings. The number of aliphatic hydroxyl groups excluding tert-OH is 1. The van der Waals surface area contributed by atoms with Crippen LogP contribution in [0.5, 0.6) is 0 Å². The summed E-state index contributed by atoms with van der Waals surface area (Å²) in [6, 6.07) is 0. The van der Waals surface area contributed by atoms with Crippen molar-refractivity contribution in [2.45, 2.75) is 38.2 Å². The molecule has 2 rings (SSSR count). The number of nitrogens with zero attached hydrogens (tertiary/aromatic N) is 1. The van der Waals surface area contributed by atoms with Gasteiger partial charge in [-0.1, -0.05) is 19.1 Å².